The lowest BCUT2D eigenvalue weighted by Gasteiger charge is -2.24. The van der Waals surface area contributed by atoms with Gasteiger partial charge in [-0.3, -0.25) is 24.0 Å². The van der Waals surface area contributed by atoms with Crippen molar-refractivity contribution in [2.75, 3.05) is 6.61 Å². The molecule has 0 saturated carbocycles. The molecule has 182 valence electrons. The molecule has 0 aliphatic carbocycles. The van der Waals surface area contributed by atoms with Crippen LogP contribution >= 0.6 is 0 Å². The van der Waals surface area contributed by atoms with Gasteiger partial charge in [-0.1, -0.05) is 13.8 Å². The highest BCUT2D eigenvalue weighted by atomic mass is 16.4. The molecule has 0 rings (SSSR count). The number of nitrogens with two attached hydrogens (primary N) is 2. The molecule has 0 aliphatic heterocycles. The van der Waals surface area contributed by atoms with E-state index >= 15 is 0 Å². The van der Waals surface area contributed by atoms with Crippen molar-refractivity contribution in [1.29, 1.82) is 0 Å². The van der Waals surface area contributed by atoms with E-state index in [1.807, 2.05) is 19.2 Å². The summed E-state index contributed by atoms with van der Waals surface area (Å²) in [6.07, 6.45) is -1.17. The minimum Gasteiger partial charge on any atom is -0.481 e. The molecule has 0 radical (unpaired) electrons. The molecule has 4 amide bonds. The van der Waals surface area contributed by atoms with Gasteiger partial charge < -0.3 is 42.7 Å². The van der Waals surface area contributed by atoms with Crippen LogP contribution in [0.2, 0.25) is 0 Å². The standard InChI is InChI=1S/C18H31N5O9/c1-8(2)5-9(19)15(28)21-10(3-4-13(20)25)16(29)22-11(6-14(26)27)17(30)23-12(7-24)18(31)32/h8-12,24H,3-7,19H2,1-2H3,(H2,20,25)(H,21,28)(H,22,29)(H,23,30)(H,26,27)(H,31,32). The lowest BCUT2D eigenvalue weighted by molar-refractivity contribution is -0.144. The Labute approximate surface area is 184 Å². The quantitative estimate of drug-likeness (QED) is 0.120. The maximum atomic E-state index is 12.7. The number of hydrogen-bond donors (Lipinski definition) is 8. The van der Waals surface area contributed by atoms with Gasteiger partial charge in [0.25, 0.3) is 0 Å². The highest BCUT2D eigenvalue weighted by molar-refractivity contribution is 5.95. The van der Waals surface area contributed by atoms with Crippen molar-refractivity contribution in [1.82, 2.24) is 16.0 Å². The number of carboxylic acid groups (broad SMARTS) is 2. The van der Waals surface area contributed by atoms with Crippen LogP contribution in [-0.4, -0.2) is 81.7 Å². The lowest BCUT2D eigenvalue weighted by atomic mass is 10.0. The van der Waals surface area contributed by atoms with Crippen molar-refractivity contribution in [2.24, 2.45) is 17.4 Å². The smallest absolute Gasteiger partial charge is 0.328 e. The van der Waals surface area contributed by atoms with Crippen molar-refractivity contribution >= 4 is 35.6 Å². The Morgan fingerprint density at radius 1 is 0.844 bits per heavy atom. The number of aliphatic hydroxyl groups excluding tert-OH is 1. The summed E-state index contributed by atoms with van der Waals surface area (Å²) in [5.41, 5.74) is 10.9. The van der Waals surface area contributed by atoms with Crippen molar-refractivity contribution in [2.45, 2.75) is 63.7 Å². The van der Waals surface area contributed by atoms with E-state index < -0.39 is 72.8 Å². The molecule has 32 heavy (non-hydrogen) atoms. The van der Waals surface area contributed by atoms with Crippen LogP contribution in [0.3, 0.4) is 0 Å². The number of carbonyl (C=O) groups excluding carboxylic acids is 4. The van der Waals surface area contributed by atoms with E-state index in [0.29, 0.717) is 6.42 Å². The predicted octanol–water partition coefficient (Wildman–Crippen LogP) is -3.37. The van der Waals surface area contributed by atoms with Gasteiger partial charge in [0.05, 0.1) is 19.1 Å². The van der Waals surface area contributed by atoms with E-state index in [0.717, 1.165) is 0 Å². The molecule has 4 atom stereocenters. The van der Waals surface area contributed by atoms with Gasteiger partial charge in [-0.25, -0.2) is 4.79 Å². The van der Waals surface area contributed by atoms with Gasteiger partial charge in [-0.2, -0.15) is 0 Å². The fourth-order valence-electron chi connectivity index (χ4n) is 2.56. The number of aliphatic carboxylic acids is 2. The number of nitrogens with one attached hydrogen (secondary N) is 3. The first-order valence-electron chi connectivity index (χ1n) is 9.78. The second-order valence-electron chi connectivity index (χ2n) is 7.54. The van der Waals surface area contributed by atoms with E-state index in [2.05, 4.69) is 10.6 Å². The molecule has 0 aliphatic rings. The molecule has 0 spiro atoms. The molecule has 14 heteroatoms. The molecule has 0 heterocycles. The molecule has 0 bridgehead atoms. The third-order valence-corrected chi connectivity index (χ3v) is 4.18. The monoisotopic (exact) mass is 461 g/mol. The zero-order chi connectivity index (χ0) is 25.0. The zero-order valence-electron chi connectivity index (χ0n) is 17.9. The van der Waals surface area contributed by atoms with E-state index in [1.165, 1.54) is 0 Å². The Morgan fingerprint density at radius 2 is 1.34 bits per heavy atom. The fraction of sp³-hybridized carbons (Fsp3) is 0.667. The van der Waals surface area contributed by atoms with E-state index in [-0.39, 0.29) is 18.8 Å². The first kappa shape index (κ1) is 28.7. The predicted molar refractivity (Wildman–Crippen MR) is 109 cm³/mol. The van der Waals surface area contributed by atoms with Crippen LogP contribution in [0.15, 0.2) is 0 Å². The van der Waals surface area contributed by atoms with E-state index in [4.69, 9.17) is 26.8 Å². The number of amides is 4. The second kappa shape index (κ2) is 13.9. The van der Waals surface area contributed by atoms with Crippen LogP contribution in [0, 0.1) is 5.92 Å². The summed E-state index contributed by atoms with van der Waals surface area (Å²) in [4.78, 5) is 70.4. The van der Waals surface area contributed by atoms with Crippen molar-refractivity contribution < 1.29 is 44.1 Å². The number of carbonyl (C=O) groups is 6. The Kier molecular flexibility index (Phi) is 12.5. The summed E-state index contributed by atoms with van der Waals surface area (Å²) < 4.78 is 0. The maximum absolute atomic E-state index is 12.7. The van der Waals surface area contributed by atoms with Gasteiger partial charge in [0.2, 0.25) is 23.6 Å². The topological polar surface area (TPSA) is 251 Å². The van der Waals surface area contributed by atoms with Crippen LogP contribution in [0.4, 0.5) is 0 Å². The second-order valence-corrected chi connectivity index (χ2v) is 7.54. The first-order valence-corrected chi connectivity index (χ1v) is 9.78. The van der Waals surface area contributed by atoms with E-state index in [1.54, 1.807) is 0 Å². The van der Waals surface area contributed by atoms with Crippen LogP contribution < -0.4 is 27.4 Å². The largest absolute Gasteiger partial charge is 0.481 e. The molecular formula is C18H31N5O9. The molecule has 14 nitrogen and oxygen atoms in total. The highest BCUT2D eigenvalue weighted by Gasteiger charge is 2.31. The van der Waals surface area contributed by atoms with Gasteiger partial charge in [-0.05, 0) is 18.8 Å². The normalized spacial score (nSPS) is 14.5. The summed E-state index contributed by atoms with van der Waals surface area (Å²) >= 11 is 0. The molecular weight excluding hydrogens is 430 g/mol. The zero-order valence-corrected chi connectivity index (χ0v) is 17.9. The van der Waals surface area contributed by atoms with Crippen LogP contribution in [0.25, 0.3) is 0 Å². The summed E-state index contributed by atoms with van der Waals surface area (Å²) in [5.74, 6) is -6.65. The summed E-state index contributed by atoms with van der Waals surface area (Å²) in [6, 6.07) is -5.79. The van der Waals surface area contributed by atoms with Gasteiger partial charge in [0, 0.05) is 6.42 Å². The number of carboxylic acids is 2. The first-order chi connectivity index (χ1) is 14.8. The van der Waals surface area contributed by atoms with Gasteiger partial charge in [-0.15, -0.1) is 0 Å². The fourth-order valence-corrected chi connectivity index (χ4v) is 2.56. The Hall–Kier alpha value is -3.26. The van der Waals surface area contributed by atoms with Crippen LogP contribution in [0.1, 0.15) is 39.5 Å². The maximum Gasteiger partial charge on any atom is 0.328 e. The minimum atomic E-state index is -1.73. The van der Waals surface area contributed by atoms with Crippen molar-refractivity contribution in [3.63, 3.8) is 0 Å². The average molecular weight is 461 g/mol. The number of aliphatic hydroxyl groups is 1. The molecule has 0 aromatic heterocycles. The van der Waals surface area contributed by atoms with Gasteiger partial charge in [0.15, 0.2) is 0 Å². The lowest BCUT2D eigenvalue weighted by Crippen LogP contribution is -2.58. The SMILES string of the molecule is CC(C)CC(N)C(=O)NC(CCC(N)=O)C(=O)NC(CC(=O)O)C(=O)NC(CO)C(=O)O. The number of rotatable bonds is 15. The molecule has 0 fully saturated rings. The van der Waals surface area contributed by atoms with Crippen molar-refractivity contribution in [3.8, 4) is 0 Å². The number of primary amides is 1. The summed E-state index contributed by atoms with van der Waals surface area (Å²) in [6.45, 7) is 2.69. The summed E-state index contributed by atoms with van der Waals surface area (Å²) in [5, 5.41) is 33.3. The van der Waals surface area contributed by atoms with Gasteiger partial charge >= 0.3 is 11.9 Å². The van der Waals surface area contributed by atoms with Crippen LogP contribution in [0.5, 0.6) is 0 Å². The average Bonchev–Trinajstić information content (AvgIpc) is 2.66. The van der Waals surface area contributed by atoms with Gasteiger partial charge in [0.1, 0.15) is 18.1 Å². The molecule has 0 aromatic rings. The van der Waals surface area contributed by atoms with E-state index in [9.17, 15) is 28.8 Å². The Bertz CT molecular complexity index is 713. The third kappa shape index (κ3) is 11.2. The molecule has 0 aromatic carbocycles. The number of hydrogen-bond acceptors (Lipinski definition) is 8. The molecule has 10 N–H and O–H groups in total. The van der Waals surface area contributed by atoms with Crippen LogP contribution in [-0.2, 0) is 28.8 Å². The third-order valence-electron chi connectivity index (χ3n) is 4.18. The molecule has 0 saturated heterocycles. The van der Waals surface area contributed by atoms with Crippen molar-refractivity contribution in [3.05, 3.63) is 0 Å². The summed E-state index contributed by atoms with van der Waals surface area (Å²) in [7, 11) is 0. The Balaban J connectivity index is 5.49. The molecule has 4 unspecified atom stereocenters. The minimum absolute atomic E-state index is 0.0750. The highest BCUT2D eigenvalue weighted by Crippen LogP contribution is 2.06. The Morgan fingerprint density at radius 3 is 1.78 bits per heavy atom.